The molecule has 0 aromatic heterocycles. The quantitative estimate of drug-likeness (QED) is 0.719. The summed E-state index contributed by atoms with van der Waals surface area (Å²) in [6, 6.07) is 5.93. The van der Waals surface area contributed by atoms with Gasteiger partial charge < -0.3 is 5.32 Å². The lowest BCUT2D eigenvalue weighted by molar-refractivity contribution is 0.481. The van der Waals surface area contributed by atoms with Crippen molar-refractivity contribution in [1.29, 1.82) is 0 Å². The number of halogens is 5. The molecule has 0 aliphatic carbocycles. The normalized spacial score (nSPS) is 12.5. The smallest absolute Gasteiger partial charge is 0.161 e. The Morgan fingerprint density at radius 3 is 2.43 bits per heavy atom. The molecule has 0 saturated carbocycles. The molecule has 1 atom stereocenters. The second-order valence-corrected chi connectivity index (χ2v) is 5.65. The highest BCUT2D eigenvalue weighted by atomic mass is 79.9. The molecule has 0 aliphatic heterocycles. The lowest BCUT2D eigenvalue weighted by Crippen LogP contribution is -2.23. The molecule has 21 heavy (non-hydrogen) atoms. The molecule has 1 N–H and O–H groups in total. The number of hydrogen-bond donors (Lipinski definition) is 1. The summed E-state index contributed by atoms with van der Waals surface area (Å²) in [5.74, 6) is -3.14. The molecule has 0 heterocycles. The van der Waals surface area contributed by atoms with Crippen LogP contribution in [0.2, 0.25) is 5.02 Å². The van der Waals surface area contributed by atoms with E-state index < -0.39 is 23.5 Å². The summed E-state index contributed by atoms with van der Waals surface area (Å²) >= 11 is 9.51. The molecule has 0 amide bonds. The van der Waals surface area contributed by atoms with Crippen LogP contribution in [-0.4, -0.2) is 6.54 Å². The summed E-state index contributed by atoms with van der Waals surface area (Å²) in [6.45, 7) is 2.34. The zero-order chi connectivity index (χ0) is 15.6. The number of hydrogen-bond acceptors (Lipinski definition) is 1. The van der Waals surface area contributed by atoms with Gasteiger partial charge >= 0.3 is 0 Å². The third-order valence-corrected chi connectivity index (χ3v) is 4.36. The van der Waals surface area contributed by atoms with Gasteiger partial charge in [-0.25, -0.2) is 13.2 Å². The molecule has 0 aliphatic rings. The van der Waals surface area contributed by atoms with E-state index in [1.54, 1.807) is 18.2 Å². The maximum atomic E-state index is 14.0. The zero-order valence-corrected chi connectivity index (χ0v) is 13.4. The Morgan fingerprint density at radius 1 is 1.10 bits per heavy atom. The van der Waals surface area contributed by atoms with Gasteiger partial charge in [0.1, 0.15) is 5.82 Å². The first kappa shape index (κ1) is 16.3. The average Bonchev–Trinajstić information content (AvgIpc) is 2.44. The van der Waals surface area contributed by atoms with Crippen molar-refractivity contribution in [2.75, 3.05) is 6.54 Å². The topological polar surface area (TPSA) is 12.0 Å². The van der Waals surface area contributed by atoms with E-state index in [1.807, 2.05) is 6.92 Å². The van der Waals surface area contributed by atoms with Gasteiger partial charge in [0.15, 0.2) is 11.6 Å². The first-order valence-electron chi connectivity index (χ1n) is 6.27. The van der Waals surface area contributed by atoms with E-state index in [1.165, 1.54) is 0 Å². The van der Waals surface area contributed by atoms with Crippen molar-refractivity contribution in [1.82, 2.24) is 5.32 Å². The highest BCUT2D eigenvalue weighted by molar-refractivity contribution is 9.10. The average molecular weight is 379 g/mol. The van der Waals surface area contributed by atoms with Crippen LogP contribution in [0.4, 0.5) is 13.2 Å². The van der Waals surface area contributed by atoms with Gasteiger partial charge in [-0.2, -0.15) is 0 Å². The Balaban J connectivity index is 2.59. The molecule has 0 fully saturated rings. The van der Waals surface area contributed by atoms with Gasteiger partial charge in [0.2, 0.25) is 0 Å². The second-order valence-electron chi connectivity index (χ2n) is 4.42. The van der Waals surface area contributed by atoms with Crippen LogP contribution >= 0.6 is 27.5 Å². The molecule has 0 radical (unpaired) electrons. The Labute approximate surface area is 134 Å². The minimum absolute atomic E-state index is 0.00995. The highest BCUT2D eigenvalue weighted by Crippen LogP contribution is 2.34. The molecule has 2 aromatic rings. The lowest BCUT2D eigenvalue weighted by atomic mass is 9.97. The summed E-state index contributed by atoms with van der Waals surface area (Å²) < 4.78 is 41.2. The molecular formula is C15H12BrClF3N. The predicted molar refractivity (Wildman–Crippen MR) is 81.0 cm³/mol. The van der Waals surface area contributed by atoms with E-state index in [-0.39, 0.29) is 5.56 Å². The van der Waals surface area contributed by atoms with Crippen molar-refractivity contribution in [2.45, 2.75) is 13.0 Å². The lowest BCUT2D eigenvalue weighted by Gasteiger charge is -2.21. The van der Waals surface area contributed by atoms with Gasteiger partial charge in [-0.05, 0) is 40.2 Å². The van der Waals surface area contributed by atoms with Gasteiger partial charge in [0.05, 0.1) is 11.1 Å². The number of benzene rings is 2. The Bertz CT molecular complexity index is 664. The highest BCUT2D eigenvalue weighted by Gasteiger charge is 2.22. The van der Waals surface area contributed by atoms with Crippen LogP contribution < -0.4 is 5.32 Å². The van der Waals surface area contributed by atoms with Crippen LogP contribution in [-0.2, 0) is 0 Å². The molecule has 0 bridgehead atoms. The van der Waals surface area contributed by atoms with E-state index in [4.69, 9.17) is 11.6 Å². The molecule has 2 rings (SSSR count). The van der Waals surface area contributed by atoms with Crippen molar-refractivity contribution < 1.29 is 13.2 Å². The maximum absolute atomic E-state index is 14.0. The predicted octanol–water partition coefficient (Wildman–Crippen LogP) is 5.22. The van der Waals surface area contributed by atoms with E-state index >= 15 is 0 Å². The maximum Gasteiger partial charge on any atom is 0.161 e. The third-order valence-electron chi connectivity index (χ3n) is 3.05. The summed E-state index contributed by atoms with van der Waals surface area (Å²) in [5, 5.41) is 3.43. The largest absolute Gasteiger partial charge is 0.306 e. The van der Waals surface area contributed by atoms with Crippen LogP contribution in [0.25, 0.3) is 0 Å². The van der Waals surface area contributed by atoms with Crippen LogP contribution in [0.15, 0.2) is 34.8 Å². The van der Waals surface area contributed by atoms with Gasteiger partial charge in [-0.1, -0.05) is 30.7 Å². The van der Waals surface area contributed by atoms with Gasteiger partial charge in [-0.3, -0.25) is 0 Å². The van der Waals surface area contributed by atoms with E-state index in [0.717, 1.165) is 6.07 Å². The molecule has 6 heteroatoms. The summed E-state index contributed by atoms with van der Waals surface area (Å²) in [5.41, 5.74) is 0.591. The van der Waals surface area contributed by atoms with Crippen LogP contribution in [0, 0.1) is 17.5 Å². The fourth-order valence-corrected chi connectivity index (χ4v) is 2.71. The molecule has 2 aromatic carbocycles. The van der Waals surface area contributed by atoms with E-state index in [0.29, 0.717) is 27.7 Å². The minimum atomic E-state index is -1.22. The fourth-order valence-electron chi connectivity index (χ4n) is 2.09. The first-order valence-corrected chi connectivity index (χ1v) is 7.44. The molecule has 1 nitrogen and oxygen atoms in total. The van der Waals surface area contributed by atoms with Gasteiger partial charge in [0.25, 0.3) is 0 Å². The molecule has 1 unspecified atom stereocenters. The summed E-state index contributed by atoms with van der Waals surface area (Å²) in [4.78, 5) is 0. The van der Waals surface area contributed by atoms with Crippen molar-refractivity contribution in [3.63, 3.8) is 0 Å². The zero-order valence-electron chi connectivity index (χ0n) is 11.1. The van der Waals surface area contributed by atoms with Crippen molar-refractivity contribution in [2.24, 2.45) is 0 Å². The monoisotopic (exact) mass is 377 g/mol. The number of rotatable bonds is 4. The molecule has 112 valence electrons. The Kier molecular flexibility index (Phi) is 5.30. The standard InChI is InChI=1S/C15H12BrClF3N/c1-2-21-15(8-4-3-5-10(16)14(8)17)9-6-12(19)13(20)7-11(9)18/h3-7,15,21H,2H2,1H3. The fraction of sp³-hybridized carbons (Fsp3) is 0.200. The minimum Gasteiger partial charge on any atom is -0.306 e. The molecule has 0 spiro atoms. The van der Waals surface area contributed by atoms with Crippen LogP contribution in [0.5, 0.6) is 0 Å². The first-order chi connectivity index (χ1) is 9.95. The number of nitrogens with one attached hydrogen (secondary N) is 1. The van der Waals surface area contributed by atoms with Crippen molar-refractivity contribution in [3.8, 4) is 0 Å². The van der Waals surface area contributed by atoms with Crippen molar-refractivity contribution >= 4 is 27.5 Å². The van der Waals surface area contributed by atoms with Gasteiger partial charge in [0, 0.05) is 16.1 Å². The van der Waals surface area contributed by atoms with E-state index in [2.05, 4.69) is 21.2 Å². The van der Waals surface area contributed by atoms with Crippen LogP contribution in [0.3, 0.4) is 0 Å². The summed E-state index contributed by atoms with van der Waals surface area (Å²) in [7, 11) is 0. The molecule has 0 saturated heterocycles. The van der Waals surface area contributed by atoms with Gasteiger partial charge in [-0.15, -0.1) is 0 Å². The third kappa shape index (κ3) is 3.42. The Hall–Kier alpha value is -1.04. The van der Waals surface area contributed by atoms with Crippen molar-refractivity contribution in [3.05, 3.63) is 68.4 Å². The molecular weight excluding hydrogens is 367 g/mol. The second kappa shape index (κ2) is 6.81. The van der Waals surface area contributed by atoms with Crippen LogP contribution in [0.1, 0.15) is 24.1 Å². The SMILES string of the molecule is CCNC(c1cc(F)c(F)cc1F)c1cccc(Br)c1Cl. The Morgan fingerprint density at radius 2 is 1.76 bits per heavy atom. The summed E-state index contributed by atoms with van der Waals surface area (Å²) in [6.07, 6.45) is 0. The van der Waals surface area contributed by atoms with E-state index in [9.17, 15) is 13.2 Å².